The van der Waals surface area contributed by atoms with E-state index in [0.717, 1.165) is 48.5 Å². The average molecular weight is 414 g/mol. The van der Waals surface area contributed by atoms with Gasteiger partial charge in [0.15, 0.2) is 17.9 Å². The number of rotatable bonds is 5. The molecule has 0 bridgehead atoms. The van der Waals surface area contributed by atoms with E-state index < -0.39 is 0 Å². The molecule has 0 aliphatic carbocycles. The third kappa shape index (κ3) is 4.15. The Morgan fingerprint density at radius 2 is 1.90 bits per heavy atom. The predicted molar refractivity (Wildman–Crippen MR) is 117 cm³/mol. The Bertz CT molecular complexity index is 1220. The summed E-state index contributed by atoms with van der Waals surface area (Å²) in [6, 6.07) is 7.53. The third-order valence-corrected chi connectivity index (χ3v) is 5.58. The maximum absolute atomic E-state index is 13.0. The summed E-state index contributed by atoms with van der Waals surface area (Å²) in [5, 5.41) is 0.902. The van der Waals surface area contributed by atoms with Crippen molar-refractivity contribution in [2.45, 2.75) is 6.42 Å². The van der Waals surface area contributed by atoms with Crippen molar-refractivity contribution in [3.8, 4) is 11.3 Å². The van der Waals surface area contributed by atoms with E-state index in [1.807, 2.05) is 18.2 Å². The van der Waals surface area contributed by atoms with Crippen LogP contribution in [0.3, 0.4) is 0 Å². The molecule has 1 aliphatic heterocycles. The minimum absolute atomic E-state index is 0.0176. The molecule has 0 radical (unpaired) electrons. The number of likely N-dealkylation sites (N-methyl/N-ethyl adjacent to an activating group) is 1. The number of carbonyl (C=O) groups is 1. The van der Waals surface area contributed by atoms with Crippen LogP contribution in [0.25, 0.3) is 22.2 Å². The van der Waals surface area contributed by atoms with Crippen molar-refractivity contribution in [2.75, 3.05) is 38.1 Å². The first-order valence-electron chi connectivity index (χ1n) is 10.2. The van der Waals surface area contributed by atoms with Crippen molar-refractivity contribution in [1.29, 1.82) is 0 Å². The normalized spacial score (nSPS) is 14.8. The number of oxazole rings is 1. The number of hydrogen-bond acceptors (Lipinski definition) is 8. The smallest absolute Gasteiger partial charge is 0.181 e. The van der Waals surface area contributed by atoms with Gasteiger partial charge < -0.3 is 14.2 Å². The highest BCUT2D eigenvalue weighted by molar-refractivity contribution is 5.98. The third-order valence-electron chi connectivity index (χ3n) is 5.58. The maximum Gasteiger partial charge on any atom is 0.181 e. The van der Waals surface area contributed by atoms with Crippen LogP contribution in [0.15, 0.2) is 59.9 Å². The first-order chi connectivity index (χ1) is 15.2. The van der Waals surface area contributed by atoms with E-state index in [1.54, 1.807) is 30.9 Å². The SMILES string of the molecule is CN1CCN(c2cc(C(=O)Cc3cc4cc(-c5cnco5)cnc4cn3)ccn2)CC1. The molecule has 156 valence electrons. The molecule has 0 atom stereocenters. The molecule has 4 aromatic heterocycles. The second-order valence-corrected chi connectivity index (χ2v) is 7.75. The molecule has 1 fully saturated rings. The fraction of sp³-hybridized carbons (Fsp3) is 0.261. The summed E-state index contributed by atoms with van der Waals surface area (Å²) in [4.78, 5) is 34.8. The van der Waals surface area contributed by atoms with E-state index in [2.05, 4.69) is 36.8 Å². The summed E-state index contributed by atoms with van der Waals surface area (Å²) in [5.41, 5.74) is 2.95. The van der Waals surface area contributed by atoms with Crippen molar-refractivity contribution in [2.24, 2.45) is 0 Å². The number of carbonyl (C=O) groups excluding carboxylic acids is 1. The van der Waals surface area contributed by atoms with Gasteiger partial charge in [0.05, 0.1) is 24.3 Å². The monoisotopic (exact) mass is 414 g/mol. The molecule has 31 heavy (non-hydrogen) atoms. The zero-order valence-corrected chi connectivity index (χ0v) is 17.2. The molecule has 1 saturated heterocycles. The minimum atomic E-state index is 0.0176. The number of piperazine rings is 1. The summed E-state index contributed by atoms with van der Waals surface area (Å²) in [6.07, 6.45) is 8.39. The number of hydrogen-bond donors (Lipinski definition) is 0. The number of aromatic nitrogens is 4. The number of ketones is 1. The van der Waals surface area contributed by atoms with Crippen LogP contribution in [-0.4, -0.2) is 63.8 Å². The summed E-state index contributed by atoms with van der Waals surface area (Å²) in [6.45, 7) is 3.80. The van der Waals surface area contributed by atoms with Gasteiger partial charge in [0.25, 0.3) is 0 Å². The van der Waals surface area contributed by atoms with Gasteiger partial charge in [-0.15, -0.1) is 0 Å². The Morgan fingerprint density at radius 3 is 2.71 bits per heavy atom. The number of nitrogens with zero attached hydrogens (tertiary/aromatic N) is 6. The molecule has 0 saturated carbocycles. The molecule has 5 heterocycles. The number of Topliss-reactive ketones (excluding diaryl/α,β-unsaturated/α-hetero) is 1. The van der Waals surface area contributed by atoms with Crippen LogP contribution >= 0.6 is 0 Å². The van der Waals surface area contributed by atoms with Gasteiger partial charge in [-0.25, -0.2) is 9.97 Å². The lowest BCUT2D eigenvalue weighted by Crippen LogP contribution is -2.44. The highest BCUT2D eigenvalue weighted by Gasteiger charge is 2.17. The second kappa shape index (κ2) is 8.23. The highest BCUT2D eigenvalue weighted by atomic mass is 16.3. The lowest BCUT2D eigenvalue weighted by molar-refractivity contribution is 0.0992. The number of fused-ring (bicyclic) bond motifs is 1. The van der Waals surface area contributed by atoms with Crippen LogP contribution in [0.4, 0.5) is 5.82 Å². The van der Waals surface area contributed by atoms with Crippen LogP contribution < -0.4 is 4.90 Å². The summed E-state index contributed by atoms with van der Waals surface area (Å²) in [5.74, 6) is 1.52. The first-order valence-corrected chi connectivity index (χ1v) is 10.2. The van der Waals surface area contributed by atoms with Crippen LogP contribution in [-0.2, 0) is 6.42 Å². The zero-order chi connectivity index (χ0) is 21.2. The topological polar surface area (TPSA) is 88.2 Å². The van der Waals surface area contributed by atoms with Crippen molar-refractivity contribution >= 4 is 22.5 Å². The van der Waals surface area contributed by atoms with E-state index in [9.17, 15) is 4.79 Å². The molecule has 0 amide bonds. The van der Waals surface area contributed by atoms with Crippen LogP contribution in [0, 0.1) is 0 Å². The van der Waals surface area contributed by atoms with Gasteiger partial charge in [-0.05, 0) is 31.3 Å². The van der Waals surface area contributed by atoms with E-state index in [0.29, 0.717) is 17.0 Å². The van der Waals surface area contributed by atoms with Gasteiger partial charge in [-0.2, -0.15) is 0 Å². The lowest BCUT2D eigenvalue weighted by Gasteiger charge is -2.33. The Kier molecular flexibility index (Phi) is 5.13. The molecule has 8 heteroatoms. The molecular weight excluding hydrogens is 392 g/mol. The Balaban J connectivity index is 1.35. The molecule has 5 rings (SSSR count). The molecule has 0 N–H and O–H groups in total. The van der Waals surface area contributed by atoms with Gasteiger partial charge in [-0.3, -0.25) is 14.8 Å². The van der Waals surface area contributed by atoms with Gasteiger partial charge >= 0.3 is 0 Å². The molecule has 8 nitrogen and oxygen atoms in total. The van der Waals surface area contributed by atoms with Gasteiger partial charge in [-0.1, -0.05) is 0 Å². The van der Waals surface area contributed by atoms with Crippen molar-refractivity contribution in [3.05, 3.63) is 66.7 Å². The fourth-order valence-electron chi connectivity index (χ4n) is 3.73. The average Bonchev–Trinajstić information content (AvgIpc) is 3.34. The molecule has 0 unspecified atom stereocenters. The quantitative estimate of drug-likeness (QED) is 0.461. The lowest BCUT2D eigenvalue weighted by atomic mass is 10.1. The standard InChI is InChI=1S/C23H22N6O2/c1-28-4-6-29(7-5-28)23-10-16(2-3-25-23)21(30)11-19-9-17-8-18(22-14-24-15-31-22)12-27-20(17)13-26-19/h2-3,8-10,12-15H,4-7,11H2,1H3. The molecule has 4 aromatic rings. The van der Waals surface area contributed by atoms with E-state index in [1.165, 1.54) is 6.39 Å². The first kappa shape index (κ1) is 19.3. The summed E-state index contributed by atoms with van der Waals surface area (Å²) >= 11 is 0. The van der Waals surface area contributed by atoms with Gasteiger partial charge in [0.1, 0.15) is 5.82 Å². The molecule has 1 aliphatic rings. The van der Waals surface area contributed by atoms with E-state index >= 15 is 0 Å². The largest absolute Gasteiger partial charge is 0.443 e. The Hall–Kier alpha value is -3.65. The number of pyridine rings is 3. The van der Waals surface area contributed by atoms with E-state index in [-0.39, 0.29) is 12.2 Å². The second-order valence-electron chi connectivity index (χ2n) is 7.75. The zero-order valence-electron chi connectivity index (χ0n) is 17.2. The molecule has 0 spiro atoms. The van der Waals surface area contributed by atoms with Crippen molar-refractivity contribution in [3.63, 3.8) is 0 Å². The molecular formula is C23H22N6O2. The highest BCUT2D eigenvalue weighted by Crippen LogP contribution is 2.23. The summed E-state index contributed by atoms with van der Waals surface area (Å²) in [7, 11) is 2.12. The fourth-order valence-corrected chi connectivity index (χ4v) is 3.73. The summed E-state index contributed by atoms with van der Waals surface area (Å²) < 4.78 is 5.35. The van der Waals surface area contributed by atoms with Crippen molar-refractivity contribution < 1.29 is 9.21 Å². The minimum Gasteiger partial charge on any atom is -0.443 e. The van der Waals surface area contributed by atoms with Crippen LogP contribution in [0.1, 0.15) is 16.1 Å². The van der Waals surface area contributed by atoms with Crippen molar-refractivity contribution in [1.82, 2.24) is 24.8 Å². The Labute approximate surface area is 179 Å². The maximum atomic E-state index is 13.0. The van der Waals surface area contributed by atoms with E-state index in [4.69, 9.17) is 4.42 Å². The molecule has 0 aromatic carbocycles. The van der Waals surface area contributed by atoms with Gasteiger partial charge in [0.2, 0.25) is 0 Å². The Morgan fingerprint density at radius 1 is 1.03 bits per heavy atom. The number of anilines is 1. The van der Waals surface area contributed by atoms with Gasteiger partial charge in [0, 0.05) is 60.8 Å². The van der Waals surface area contributed by atoms with Crippen LogP contribution in [0.2, 0.25) is 0 Å². The van der Waals surface area contributed by atoms with Crippen LogP contribution in [0.5, 0.6) is 0 Å². The predicted octanol–water partition coefficient (Wildman–Crippen LogP) is 2.86.